The fraction of sp³-hybridized carbons (Fsp3) is 0.368. The van der Waals surface area contributed by atoms with Gasteiger partial charge in [-0.25, -0.2) is 0 Å². The Bertz CT molecular complexity index is 582. The lowest BCUT2D eigenvalue weighted by molar-refractivity contribution is -0.0760. The van der Waals surface area contributed by atoms with Gasteiger partial charge >= 0.3 is 0 Å². The number of benzene rings is 2. The van der Waals surface area contributed by atoms with Gasteiger partial charge in [-0.15, -0.1) is 0 Å². The van der Waals surface area contributed by atoms with E-state index in [1.807, 2.05) is 30.3 Å². The van der Waals surface area contributed by atoms with Crippen LogP contribution in [0, 0.1) is 6.92 Å². The standard InChI is InChI=1S/C19H23NO2/c1-15-8-10-17(11-9-15)22-19(16-6-4-3-5-7-16)18-14-20(2)12-13-21-18/h3-11,18-19H,12-14H2,1-2H3. The number of ether oxygens (including phenoxy) is 2. The molecule has 0 spiro atoms. The molecule has 116 valence electrons. The van der Waals surface area contributed by atoms with Gasteiger partial charge in [-0.1, -0.05) is 48.0 Å². The molecule has 0 radical (unpaired) electrons. The summed E-state index contributed by atoms with van der Waals surface area (Å²) in [5, 5.41) is 0. The van der Waals surface area contributed by atoms with Crippen LogP contribution in [0.2, 0.25) is 0 Å². The topological polar surface area (TPSA) is 21.7 Å². The van der Waals surface area contributed by atoms with Crippen LogP contribution in [0.25, 0.3) is 0 Å². The van der Waals surface area contributed by atoms with E-state index in [1.165, 1.54) is 5.56 Å². The van der Waals surface area contributed by atoms with Crippen LogP contribution in [0.5, 0.6) is 5.75 Å². The second kappa shape index (κ2) is 6.95. The summed E-state index contributed by atoms with van der Waals surface area (Å²) in [6, 6.07) is 18.5. The van der Waals surface area contributed by atoms with Crippen LogP contribution in [0.1, 0.15) is 17.2 Å². The lowest BCUT2D eigenvalue weighted by atomic mass is 10.0. The molecule has 22 heavy (non-hydrogen) atoms. The molecular formula is C19H23NO2. The van der Waals surface area contributed by atoms with Crippen molar-refractivity contribution in [3.63, 3.8) is 0 Å². The molecule has 0 amide bonds. The van der Waals surface area contributed by atoms with Crippen molar-refractivity contribution in [1.29, 1.82) is 0 Å². The summed E-state index contributed by atoms with van der Waals surface area (Å²) in [6.45, 7) is 4.69. The molecule has 2 atom stereocenters. The number of rotatable bonds is 4. The molecule has 1 fully saturated rings. The van der Waals surface area contributed by atoms with Crippen LogP contribution < -0.4 is 4.74 Å². The third-order valence-corrected chi connectivity index (χ3v) is 4.05. The van der Waals surface area contributed by atoms with E-state index in [0.717, 1.165) is 31.0 Å². The highest BCUT2D eigenvalue weighted by Gasteiger charge is 2.29. The molecule has 0 aliphatic carbocycles. The van der Waals surface area contributed by atoms with Gasteiger partial charge in [0, 0.05) is 13.1 Å². The summed E-state index contributed by atoms with van der Waals surface area (Å²) in [5.41, 5.74) is 2.39. The van der Waals surface area contributed by atoms with Crippen LogP contribution in [0.15, 0.2) is 54.6 Å². The van der Waals surface area contributed by atoms with E-state index >= 15 is 0 Å². The van der Waals surface area contributed by atoms with Crippen molar-refractivity contribution >= 4 is 0 Å². The summed E-state index contributed by atoms with van der Waals surface area (Å²) in [6.07, 6.45) is -0.0471. The van der Waals surface area contributed by atoms with Crippen molar-refractivity contribution in [3.05, 3.63) is 65.7 Å². The van der Waals surface area contributed by atoms with E-state index in [-0.39, 0.29) is 12.2 Å². The molecule has 1 aliphatic rings. The van der Waals surface area contributed by atoms with Crippen molar-refractivity contribution in [3.8, 4) is 5.75 Å². The van der Waals surface area contributed by atoms with E-state index in [2.05, 4.69) is 43.1 Å². The Morgan fingerprint density at radius 1 is 1.09 bits per heavy atom. The average Bonchev–Trinajstić information content (AvgIpc) is 2.55. The maximum absolute atomic E-state index is 6.29. The first-order valence-electron chi connectivity index (χ1n) is 7.81. The highest BCUT2D eigenvalue weighted by molar-refractivity contribution is 5.28. The molecule has 0 N–H and O–H groups in total. The van der Waals surface area contributed by atoms with E-state index in [4.69, 9.17) is 9.47 Å². The molecule has 1 aliphatic heterocycles. The summed E-state index contributed by atoms with van der Waals surface area (Å²) >= 11 is 0. The molecule has 0 saturated carbocycles. The summed E-state index contributed by atoms with van der Waals surface area (Å²) in [4.78, 5) is 2.29. The van der Waals surface area contributed by atoms with Crippen molar-refractivity contribution in [2.45, 2.75) is 19.1 Å². The predicted molar refractivity (Wildman–Crippen MR) is 88.2 cm³/mol. The normalized spacial score (nSPS) is 20.5. The van der Waals surface area contributed by atoms with Crippen LogP contribution >= 0.6 is 0 Å². The fourth-order valence-electron chi connectivity index (χ4n) is 2.76. The zero-order chi connectivity index (χ0) is 15.4. The summed E-state index contributed by atoms with van der Waals surface area (Å²) in [5.74, 6) is 0.885. The molecule has 2 aromatic carbocycles. The van der Waals surface area contributed by atoms with Gasteiger partial charge in [0.05, 0.1) is 6.61 Å². The zero-order valence-electron chi connectivity index (χ0n) is 13.2. The lowest BCUT2D eigenvalue weighted by Crippen LogP contribution is -2.44. The van der Waals surface area contributed by atoms with Gasteiger partial charge in [0.1, 0.15) is 11.9 Å². The first-order valence-corrected chi connectivity index (χ1v) is 7.81. The molecule has 1 heterocycles. The molecule has 2 aromatic rings. The molecule has 3 nitrogen and oxygen atoms in total. The minimum Gasteiger partial charge on any atom is -0.483 e. The number of hydrogen-bond acceptors (Lipinski definition) is 3. The molecule has 2 unspecified atom stereocenters. The van der Waals surface area contributed by atoms with Crippen molar-refractivity contribution in [1.82, 2.24) is 4.90 Å². The Morgan fingerprint density at radius 2 is 1.82 bits per heavy atom. The highest BCUT2D eigenvalue weighted by atomic mass is 16.5. The average molecular weight is 297 g/mol. The van der Waals surface area contributed by atoms with E-state index < -0.39 is 0 Å². The molecule has 3 heteroatoms. The van der Waals surface area contributed by atoms with Crippen molar-refractivity contribution in [2.24, 2.45) is 0 Å². The van der Waals surface area contributed by atoms with Gasteiger partial charge in [0.2, 0.25) is 0 Å². The van der Waals surface area contributed by atoms with Crippen LogP contribution in [0.4, 0.5) is 0 Å². The number of aryl methyl sites for hydroxylation is 1. The van der Waals surface area contributed by atoms with E-state index in [9.17, 15) is 0 Å². The first kappa shape index (κ1) is 15.1. The van der Waals surface area contributed by atoms with Gasteiger partial charge in [-0.2, -0.15) is 0 Å². The van der Waals surface area contributed by atoms with Crippen LogP contribution in [-0.2, 0) is 4.74 Å². The summed E-state index contributed by atoms with van der Waals surface area (Å²) < 4.78 is 12.3. The Morgan fingerprint density at radius 3 is 2.50 bits per heavy atom. The highest BCUT2D eigenvalue weighted by Crippen LogP contribution is 2.28. The molecule has 0 bridgehead atoms. The largest absolute Gasteiger partial charge is 0.483 e. The van der Waals surface area contributed by atoms with Gasteiger partial charge in [0.15, 0.2) is 6.10 Å². The molecule has 3 rings (SSSR count). The molecule has 1 saturated heterocycles. The maximum Gasteiger partial charge on any atom is 0.151 e. The predicted octanol–water partition coefficient (Wildman–Crippen LogP) is 3.45. The lowest BCUT2D eigenvalue weighted by Gasteiger charge is -2.35. The third kappa shape index (κ3) is 3.67. The van der Waals surface area contributed by atoms with Crippen LogP contribution in [-0.4, -0.2) is 37.7 Å². The van der Waals surface area contributed by atoms with Crippen LogP contribution in [0.3, 0.4) is 0 Å². The third-order valence-electron chi connectivity index (χ3n) is 4.05. The van der Waals surface area contributed by atoms with E-state index in [0.29, 0.717) is 0 Å². The quantitative estimate of drug-likeness (QED) is 0.863. The monoisotopic (exact) mass is 297 g/mol. The van der Waals surface area contributed by atoms with Gasteiger partial charge in [-0.3, -0.25) is 0 Å². The minimum absolute atomic E-state index is 0.0439. The molecule has 0 aromatic heterocycles. The number of likely N-dealkylation sites (N-methyl/N-ethyl adjacent to an activating group) is 1. The van der Waals surface area contributed by atoms with Gasteiger partial charge in [0.25, 0.3) is 0 Å². The Labute approximate surface area is 132 Å². The summed E-state index contributed by atoms with van der Waals surface area (Å²) in [7, 11) is 2.13. The second-order valence-electron chi connectivity index (χ2n) is 5.93. The molecular weight excluding hydrogens is 274 g/mol. The Balaban J connectivity index is 1.84. The van der Waals surface area contributed by atoms with Crippen molar-refractivity contribution < 1.29 is 9.47 Å². The van der Waals surface area contributed by atoms with Gasteiger partial charge < -0.3 is 14.4 Å². The number of morpholine rings is 1. The van der Waals surface area contributed by atoms with E-state index in [1.54, 1.807) is 0 Å². The number of nitrogens with zero attached hydrogens (tertiary/aromatic N) is 1. The van der Waals surface area contributed by atoms with Gasteiger partial charge in [-0.05, 0) is 31.7 Å². The fourth-order valence-corrected chi connectivity index (χ4v) is 2.76. The minimum atomic E-state index is -0.0911. The Hall–Kier alpha value is -1.84. The maximum atomic E-state index is 6.29. The Kier molecular flexibility index (Phi) is 4.76. The number of hydrogen-bond donors (Lipinski definition) is 0. The second-order valence-corrected chi connectivity index (χ2v) is 5.93. The zero-order valence-corrected chi connectivity index (χ0v) is 13.2. The smallest absolute Gasteiger partial charge is 0.151 e. The van der Waals surface area contributed by atoms with Crippen molar-refractivity contribution in [2.75, 3.05) is 26.7 Å². The first-order chi connectivity index (χ1) is 10.7. The SMILES string of the molecule is Cc1ccc(OC(c2ccccc2)C2CN(C)CCO2)cc1.